The van der Waals surface area contributed by atoms with Crippen LogP contribution in [0, 0.1) is 5.92 Å². The Morgan fingerprint density at radius 3 is 2.55 bits per heavy atom. The van der Waals surface area contributed by atoms with E-state index in [0.717, 1.165) is 0 Å². The molecule has 0 spiro atoms. The molecule has 70 valence electrons. The standard InChI is InChI=1S/C9H18I2/c1-10-6-7-11-8-9-4-2-3-5-9/h9H,2-8H2,1H3/q-2. The summed E-state index contributed by atoms with van der Waals surface area (Å²) in [5.74, 6) is 1.18. The molecule has 0 unspecified atom stereocenters. The number of alkyl halides is 4. The van der Waals surface area contributed by atoms with Gasteiger partial charge in [0.05, 0.1) is 0 Å². The van der Waals surface area contributed by atoms with Gasteiger partial charge in [0.1, 0.15) is 0 Å². The number of hydrogen-bond donors (Lipinski definition) is 0. The number of rotatable bonds is 5. The molecule has 0 amide bonds. The Balaban J connectivity index is 1.86. The Morgan fingerprint density at radius 1 is 1.18 bits per heavy atom. The molecule has 0 aromatic carbocycles. The van der Waals surface area contributed by atoms with Crippen molar-refractivity contribution in [1.29, 1.82) is 0 Å². The first-order chi connectivity index (χ1) is 5.43. The zero-order valence-electron chi connectivity index (χ0n) is 7.28. The summed E-state index contributed by atoms with van der Waals surface area (Å²) in [4.78, 5) is 2.41. The molecule has 1 rings (SSSR count). The average Bonchev–Trinajstić information content (AvgIpc) is 2.50. The van der Waals surface area contributed by atoms with Crippen LogP contribution in [0.5, 0.6) is 0 Å². The third-order valence-electron chi connectivity index (χ3n) is 2.20. The summed E-state index contributed by atoms with van der Waals surface area (Å²) in [6, 6.07) is 0. The van der Waals surface area contributed by atoms with Crippen LogP contribution in [0.1, 0.15) is 25.7 Å². The van der Waals surface area contributed by atoms with Crippen LogP contribution in [0.2, 0.25) is 0 Å². The van der Waals surface area contributed by atoms with Crippen molar-refractivity contribution in [3.63, 3.8) is 0 Å². The van der Waals surface area contributed by atoms with Crippen LogP contribution >= 0.6 is 0 Å². The van der Waals surface area contributed by atoms with E-state index in [1.54, 1.807) is 26.1 Å². The van der Waals surface area contributed by atoms with E-state index in [2.05, 4.69) is 4.93 Å². The molecule has 0 nitrogen and oxygen atoms in total. The molecule has 0 heterocycles. The van der Waals surface area contributed by atoms with Gasteiger partial charge in [-0.05, 0) is 0 Å². The Hall–Kier alpha value is 1.46. The molecular weight excluding hydrogens is 362 g/mol. The molecule has 0 bridgehead atoms. The Morgan fingerprint density at radius 2 is 1.91 bits per heavy atom. The summed E-state index contributed by atoms with van der Waals surface area (Å²) in [6.07, 6.45) is 6.21. The predicted octanol–water partition coefficient (Wildman–Crippen LogP) is -4.02. The SMILES string of the molecule is C[I-]CC[I-]CC1CCCC1. The molecule has 0 atom stereocenters. The number of hydrogen-bond acceptors (Lipinski definition) is 0. The van der Waals surface area contributed by atoms with Crippen LogP contribution in [0.15, 0.2) is 0 Å². The fraction of sp³-hybridized carbons (Fsp3) is 1.00. The normalized spacial score (nSPS) is 20.1. The molecular formula is C9H18I2-2. The predicted molar refractivity (Wildman–Crippen MR) is 42.5 cm³/mol. The van der Waals surface area contributed by atoms with E-state index in [4.69, 9.17) is 0 Å². The van der Waals surface area contributed by atoms with Gasteiger partial charge in [0, 0.05) is 0 Å². The van der Waals surface area contributed by atoms with Crippen molar-refractivity contribution in [1.82, 2.24) is 0 Å². The van der Waals surface area contributed by atoms with Crippen LogP contribution in [0.4, 0.5) is 0 Å². The molecule has 0 aromatic rings. The third kappa shape index (κ3) is 4.90. The quantitative estimate of drug-likeness (QED) is 0.259. The fourth-order valence-electron chi connectivity index (χ4n) is 1.52. The molecule has 0 radical (unpaired) electrons. The summed E-state index contributed by atoms with van der Waals surface area (Å²) < 4.78 is 4.90. The van der Waals surface area contributed by atoms with Gasteiger partial charge in [0.2, 0.25) is 0 Å². The zero-order chi connectivity index (χ0) is 7.94. The molecule has 1 aliphatic carbocycles. The maximum absolute atomic E-state index is 2.41. The summed E-state index contributed by atoms with van der Waals surface area (Å²) in [6.45, 7) is 0. The first-order valence-electron chi connectivity index (χ1n) is 4.40. The van der Waals surface area contributed by atoms with E-state index in [-0.39, 0.29) is 0 Å². The topological polar surface area (TPSA) is 0 Å². The second-order valence-electron chi connectivity index (χ2n) is 3.14. The van der Waals surface area contributed by atoms with Gasteiger partial charge in [-0.1, -0.05) is 0 Å². The van der Waals surface area contributed by atoms with E-state index in [0.29, 0.717) is 42.4 Å². The minimum atomic E-state index is 0.609. The van der Waals surface area contributed by atoms with Crippen molar-refractivity contribution in [3.05, 3.63) is 0 Å². The summed E-state index contributed by atoms with van der Waals surface area (Å²) >= 11 is 1.24. The van der Waals surface area contributed by atoms with Crippen LogP contribution < -0.4 is 42.4 Å². The van der Waals surface area contributed by atoms with Gasteiger partial charge in [-0.2, -0.15) is 0 Å². The fourth-order valence-corrected chi connectivity index (χ4v) is 9.09. The van der Waals surface area contributed by atoms with Gasteiger partial charge in [-0.25, -0.2) is 0 Å². The van der Waals surface area contributed by atoms with Gasteiger partial charge in [0.25, 0.3) is 0 Å². The van der Waals surface area contributed by atoms with Crippen molar-refractivity contribution in [3.8, 4) is 0 Å². The summed E-state index contributed by atoms with van der Waals surface area (Å²) in [5, 5.41) is 0. The second-order valence-corrected chi connectivity index (χ2v) is 8.78. The first-order valence-corrected chi connectivity index (χ1v) is 11.1. The maximum atomic E-state index is 2.41. The average molecular weight is 380 g/mol. The molecule has 1 fully saturated rings. The Bertz CT molecular complexity index is 87.6. The second kappa shape index (κ2) is 6.92. The molecule has 0 aliphatic heterocycles. The van der Waals surface area contributed by atoms with Gasteiger partial charge >= 0.3 is 92.2 Å². The van der Waals surface area contributed by atoms with E-state index >= 15 is 0 Å². The third-order valence-corrected chi connectivity index (χ3v) is 9.05. The van der Waals surface area contributed by atoms with E-state index in [9.17, 15) is 0 Å². The molecule has 11 heavy (non-hydrogen) atoms. The van der Waals surface area contributed by atoms with E-state index < -0.39 is 0 Å². The molecule has 0 saturated heterocycles. The van der Waals surface area contributed by atoms with Crippen molar-refractivity contribution in [2.45, 2.75) is 25.7 Å². The van der Waals surface area contributed by atoms with Gasteiger partial charge in [-0.3, -0.25) is 0 Å². The summed E-state index contributed by atoms with van der Waals surface area (Å²) in [5.41, 5.74) is 0. The zero-order valence-corrected chi connectivity index (χ0v) is 11.6. The van der Waals surface area contributed by atoms with Crippen LogP contribution in [0.3, 0.4) is 0 Å². The van der Waals surface area contributed by atoms with Crippen molar-refractivity contribution in [2.24, 2.45) is 5.92 Å². The van der Waals surface area contributed by atoms with E-state index in [1.165, 1.54) is 18.8 Å². The van der Waals surface area contributed by atoms with Gasteiger partial charge < -0.3 is 0 Å². The molecule has 0 N–H and O–H groups in total. The molecule has 1 aliphatic rings. The molecule has 1 saturated carbocycles. The van der Waals surface area contributed by atoms with Gasteiger partial charge in [-0.15, -0.1) is 0 Å². The molecule has 2 heteroatoms. The number of halogens is 2. The summed E-state index contributed by atoms with van der Waals surface area (Å²) in [7, 11) is 0. The van der Waals surface area contributed by atoms with Crippen molar-refractivity contribution in [2.75, 3.05) is 18.2 Å². The van der Waals surface area contributed by atoms with Gasteiger partial charge in [0.15, 0.2) is 0 Å². The minimum absolute atomic E-state index is 0.609. The van der Waals surface area contributed by atoms with Crippen molar-refractivity contribution >= 4 is 0 Å². The first kappa shape index (κ1) is 10.5. The van der Waals surface area contributed by atoms with Crippen molar-refractivity contribution < 1.29 is 42.4 Å². The Kier molecular flexibility index (Phi) is 6.63. The Labute approximate surface area is 91.4 Å². The molecule has 0 aromatic heterocycles. The van der Waals surface area contributed by atoms with Crippen LogP contribution in [-0.2, 0) is 0 Å². The van der Waals surface area contributed by atoms with E-state index in [1.807, 2.05) is 0 Å². The van der Waals surface area contributed by atoms with Crippen LogP contribution in [0.25, 0.3) is 0 Å². The monoisotopic (exact) mass is 380 g/mol. The van der Waals surface area contributed by atoms with Crippen LogP contribution in [-0.4, -0.2) is 18.2 Å².